The summed E-state index contributed by atoms with van der Waals surface area (Å²) < 4.78 is 12.1. The lowest BCUT2D eigenvalue weighted by Gasteiger charge is -2.06. The van der Waals surface area contributed by atoms with Crippen LogP contribution in [-0.2, 0) is 0 Å². The van der Waals surface area contributed by atoms with E-state index >= 15 is 0 Å². The first-order valence-electron chi connectivity index (χ1n) is 5.02. The Bertz CT molecular complexity index is 457. The molecular weight excluding hydrogens is 205 g/mol. The zero-order valence-electron chi connectivity index (χ0n) is 8.65. The Morgan fingerprint density at radius 3 is 2.50 bits per heavy atom. The molecule has 0 amide bonds. The van der Waals surface area contributed by atoms with Crippen LogP contribution in [0.2, 0.25) is 0 Å². The summed E-state index contributed by atoms with van der Waals surface area (Å²) in [5.41, 5.74) is 4.22. The van der Waals surface area contributed by atoms with Gasteiger partial charge in [-0.3, -0.25) is 0 Å². The summed E-state index contributed by atoms with van der Waals surface area (Å²) in [6.45, 7) is 0. The molecule has 0 bridgehead atoms. The van der Waals surface area contributed by atoms with Crippen molar-refractivity contribution in [1.29, 1.82) is 0 Å². The van der Waals surface area contributed by atoms with Crippen molar-refractivity contribution in [3.05, 3.63) is 59.3 Å². The van der Waals surface area contributed by atoms with Crippen LogP contribution in [0.25, 0.3) is 6.08 Å². The molecule has 2 nitrogen and oxygen atoms in total. The minimum Gasteiger partial charge on any atom is -0.508 e. The molecule has 0 heterocycles. The SMILES string of the molecule is Oc1ccc(/C=C2\C=CC(NF)=CC2)cc1. The zero-order valence-corrected chi connectivity index (χ0v) is 8.65. The van der Waals surface area contributed by atoms with Crippen molar-refractivity contribution < 1.29 is 9.59 Å². The molecule has 0 saturated heterocycles. The molecule has 0 aromatic heterocycles. The second-order valence-corrected chi connectivity index (χ2v) is 3.60. The van der Waals surface area contributed by atoms with Crippen molar-refractivity contribution in [2.45, 2.75) is 6.42 Å². The third kappa shape index (κ3) is 2.51. The van der Waals surface area contributed by atoms with Gasteiger partial charge in [-0.05, 0) is 35.8 Å². The molecule has 0 atom stereocenters. The first kappa shape index (κ1) is 10.5. The van der Waals surface area contributed by atoms with Gasteiger partial charge in [0, 0.05) is 0 Å². The maximum atomic E-state index is 12.1. The summed E-state index contributed by atoms with van der Waals surface area (Å²) in [6, 6.07) is 6.96. The number of hydrogen-bond acceptors (Lipinski definition) is 2. The van der Waals surface area contributed by atoms with E-state index < -0.39 is 0 Å². The Balaban J connectivity index is 2.13. The third-order valence-electron chi connectivity index (χ3n) is 2.39. The zero-order chi connectivity index (χ0) is 11.4. The number of nitrogens with one attached hydrogen (secondary N) is 1. The predicted octanol–water partition coefficient (Wildman–Crippen LogP) is 3.09. The number of allylic oxidation sites excluding steroid dienone is 4. The Morgan fingerprint density at radius 2 is 1.94 bits per heavy atom. The van der Waals surface area contributed by atoms with Crippen LogP contribution < -0.4 is 5.54 Å². The second kappa shape index (κ2) is 4.66. The molecule has 2 N–H and O–H groups in total. The highest BCUT2D eigenvalue weighted by Gasteiger charge is 2.00. The van der Waals surface area contributed by atoms with E-state index in [0.29, 0.717) is 12.1 Å². The summed E-state index contributed by atoms with van der Waals surface area (Å²) in [5.74, 6) is 0.255. The van der Waals surface area contributed by atoms with E-state index in [-0.39, 0.29) is 5.75 Å². The van der Waals surface area contributed by atoms with Crippen LogP contribution in [0.3, 0.4) is 0 Å². The monoisotopic (exact) mass is 217 g/mol. The molecule has 0 aliphatic heterocycles. The summed E-state index contributed by atoms with van der Waals surface area (Å²) in [4.78, 5) is 0. The Morgan fingerprint density at radius 1 is 1.19 bits per heavy atom. The van der Waals surface area contributed by atoms with E-state index in [1.165, 1.54) is 0 Å². The molecule has 1 aromatic carbocycles. The molecule has 82 valence electrons. The van der Waals surface area contributed by atoms with Crippen molar-refractivity contribution in [2.75, 3.05) is 0 Å². The Kier molecular flexibility index (Phi) is 3.05. The topological polar surface area (TPSA) is 32.3 Å². The van der Waals surface area contributed by atoms with Gasteiger partial charge >= 0.3 is 0 Å². The van der Waals surface area contributed by atoms with E-state index in [2.05, 4.69) is 0 Å². The quantitative estimate of drug-likeness (QED) is 0.746. The third-order valence-corrected chi connectivity index (χ3v) is 2.39. The van der Waals surface area contributed by atoms with Crippen LogP contribution in [0, 0.1) is 0 Å². The van der Waals surface area contributed by atoms with Gasteiger partial charge in [0.1, 0.15) is 5.75 Å². The lowest BCUT2D eigenvalue weighted by molar-refractivity contribution is 0.391. The van der Waals surface area contributed by atoms with Crippen LogP contribution in [0.1, 0.15) is 12.0 Å². The first-order valence-corrected chi connectivity index (χ1v) is 5.02. The van der Waals surface area contributed by atoms with Crippen LogP contribution >= 0.6 is 0 Å². The highest BCUT2D eigenvalue weighted by atomic mass is 19.2. The van der Waals surface area contributed by atoms with Crippen LogP contribution in [0.15, 0.2) is 53.8 Å². The average molecular weight is 217 g/mol. The highest BCUT2D eigenvalue weighted by Crippen LogP contribution is 2.18. The number of benzene rings is 1. The van der Waals surface area contributed by atoms with Gasteiger partial charge in [-0.2, -0.15) is 0 Å². The van der Waals surface area contributed by atoms with E-state index in [9.17, 15) is 4.48 Å². The van der Waals surface area contributed by atoms with Crippen LogP contribution in [0.5, 0.6) is 5.75 Å². The fourth-order valence-corrected chi connectivity index (χ4v) is 1.52. The van der Waals surface area contributed by atoms with Crippen LogP contribution in [0.4, 0.5) is 4.48 Å². The van der Waals surface area contributed by atoms with Gasteiger partial charge in [-0.1, -0.05) is 30.4 Å². The van der Waals surface area contributed by atoms with Crippen molar-refractivity contribution in [1.82, 2.24) is 5.54 Å². The molecule has 2 rings (SSSR count). The first-order chi connectivity index (χ1) is 7.78. The van der Waals surface area contributed by atoms with Crippen molar-refractivity contribution in [3.63, 3.8) is 0 Å². The average Bonchev–Trinajstić information content (AvgIpc) is 2.33. The lowest BCUT2D eigenvalue weighted by Crippen LogP contribution is -2.00. The molecule has 16 heavy (non-hydrogen) atoms. The van der Waals surface area contributed by atoms with Gasteiger partial charge in [-0.15, -0.1) is 4.48 Å². The number of rotatable bonds is 2. The minimum atomic E-state index is 0.255. The van der Waals surface area contributed by atoms with Crippen molar-refractivity contribution in [3.8, 4) is 5.75 Å². The van der Waals surface area contributed by atoms with Gasteiger partial charge in [0.15, 0.2) is 0 Å². The van der Waals surface area contributed by atoms with E-state index in [1.807, 2.05) is 24.3 Å². The summed E-state index contributed by atoms with van der Waals surface area (Å²) in [6.07, 6.45) is 8.04. The highest BCUT2D eigenvalue weighted by molar-refractivity contribution is 5.58. The van der Waals surface area contributed by atoms with Gasteiger partial charge < -0.3 is 5.11 Å². The number of halogens is 1. The molecule has 0 radical (unpaired) electrons. The molecule has 1 aliphatic rings. The number of hydrogen-bond donors (Lipinski definition) is 2. The van der Waals surface area contributed by atoms with E-state index in [0.717, 1.165) is 11.1 Å². The molecule has 1 aromatic rings. The van der Waals surface area contributed by atoms with Crippen molar-refractivity contribution in [2.24, 2.45) is 0 Å². The Hall–Kier alpha value is -2.03. The second-order valence-electron chi connectivity index (χ2n) is 3.60. The van der Waals surface area contributed by atoms with Gasteiger partial charge in [0.25, 0.3) is 0 Å². The molecule has 0 unspecified atom stereocenters. The van der Waals surface area contributed by atoms with Crippen molar-refractivity contribution >= 4 is 6.08 Å². The van der Waals surface area contributed by atoms with Gasteiger partial charge in [0.2, 0.25) is 0 Å². The van der Waals surface area contributed by atoms with E-state index in [4.69, 9.17) is 5.11 Å². The Labute approximate surface area is 93.4 Å². The summed E-state index contributed by atoms with van der Waals surface area (Å²) in [5, 5.41) is 9.14. The lowest BCUT2D eigenvalue weighted by atomic mass is 10.0. The summed E-state index contributed by atoms with van der Waals surface area (Å²) >= 11 is 0. The maximum absolute atomic E-state index is 12.1. The molecule has 3 heteroatoms. The largest absolute Gasteiger partial charge is 0.508 e. The normalized spacial score (nSPS) is 17.3. The smallest absolute Gasteiger partial charge is 0.115 e. The number of phenolic OH excluding ortho intramolecular Hbond substituents is 1. The summed E-state index contributed by atoms with van der Waals surface area (Å²) in [7, 11) is 0. The van der Waals surface area contributed by atoms with Gasteiger partial charge in [-0.25, -0.2) is 5.54 Å². The fraction of sp³-hybridized carbons (Fsp3) is 0.0769. The molecule has 0 saturated carbocycles. The molecule has 0 fully saturated rings. The minimum absolute atomic E-state index is 0.255. The molecular formula is C13H12FNO. The predicted molar refractivity (Wildman–Crippen MR) is 62.2 cm³/mol. The van der Waals surface area contributed by atoms with Crippen LogP contribution in [-0.4, -0.2) is 5.11 Å². The number of phenols is 1. The standard InChI is InChI=1S/C13H12FNO/c14-15-12-5-1-10(2-6-12)9-11-3-7-13(16)8-4-11/h1,3-9,15-16H,2H2/b10-9+. The van der Waals surface area contributed by atoms with E-state index in [1.54, 1.807) is 29.8 Å². The molecule has 1 aliphatic carbocycles. The maximum Gasteiger partial charge on any atom is 0.115 e. The molecule has 0 spiro atoms. The fourth-order valence-electron chi connectivity index (χ4n) is 1.52. The number of aromatic hydroxyl groups is 1. The van der Waals surface area contributed by atoms with Gasteiger partial charge in [0.05, 0.1) is 5.70 Å².